The van der Waals surface area contributed by atoms with E-state index in [1.807, 2.05) is 0 Å². The fourth-order valence-electron chi connectivity index (χ4n) is 3.78. The van der Waals surface area contributed by atoms with E-state index in [4.69, 9.17) is 0 Å². The maximum Gasteiger partial charge on any atom is 0.0473 e. The van der Waals surface area contributed by atoms with Gasteiger partial charge < -0.3 is 5.32 Å². The van der Waals surface area contributed by atoms with Crippen molar-refractivity contribution in [3.05, 3.63) is 35.9 Å². The van der Waals surface area contributed by atoms with Crippen LogP contribution in [0.2, 0.25) is 0 Å². The predicted molar refractivity (Wildman–Crippen MR) is 88.5 cm³/mol. The molecule has 2 aliphatic rings. The third kappa shape index (κ3) is 3.65. The molecule has 2 fully saturated rings. The fourth-order valence-corrected chi connectivity index (χ4v) is 3.78. The van der Waals surface area contributed by atoms with Gasteiger partial charge in [0.1, 0.15) is 0 Å². The quantitative estimate of drug-likeness (QED) is 0.898. The summed E-state index contributed by atoms with van der Waals surface area (Å²) in [6.07, 6.45) is 2.77. The molecule has 0 aromatic heterocycles. The van der Waals surface area contributed by atoms with Crippen LogP contribution in [0.25, 0.3) is 0 Å². The SMILES string of the molecule is CC(C)NCC(c1ccccc1)N1CCN2CCCC2C1. The molecule has 2 aliphatic heterocycles. The smallest absolute Gasteiger partial charge is 0.0473 e. The summed E-state index contributed by atoms with van der Waals surface area (Å²) in [4.78, 5) is 5.39. The molecule has 0 amide bonds. The van der Waals surface area contributed by atoms with Gasteiger partial charge in [0.15, 0.2) is 0 Å². The van der Waals surface area contributed by atoms with Crippen molar-refractivity contribution in [3.8, 4) is 0 Å². The van der Waals surface area contributed by atoms with Crippen molar-refractivity contribution in [1.82, 2.24) is 15.1 Å². The van der Waals surface area contributed by atoms with Gasteiger partial charge in [0.05, 0.1) is 0 Å². The normalized spacial score (nSPS) is 25.2. The first-order valence-corrected chi connectivity index (χ1v) is 8.50. The molecule has 116 valence electrons. The van der Waals surface area contributed by atoms with E-state index in [-0.39, 0.29) is 0 Å². The molecule has 0 saturated carbocycles. The Kier molecular flexibility index (Phi) is 4.94. The van der Waals surface area contributed by atoms with Crippen molar-refractivity contribution in [3.63, 3.8) is 0 Å². The third-order valence-electron chi connectivity index (χ3n) is 4.96. The van der Waals surface area contributed by atoms with Crippen LogP contribution in [-0.2, 0) is 0 Å². The lowest BCUT2D eigenvalue weighted by atomic mass is 10.0. The summed E-state index contributed by atoms with van der Waals surface area (Å²) in [5.74, 6) is 0. The highest BCUT2D eigenvalue weighted by molar-refractivity contribution is 5.20. The van der Waals surface area contributed by atoms with E-state index in [1.165, 1.54) is 44.6 Å². The largest absolute Gasteiger partial charge is 0.313 e. The molecule has 2 heterocycles. The summed E-state index contributed by atoms with van der Waals surface area (Å²) in [6.45, 7) is 10.5. The number of fused-ring (bicyclic) bond motifs is 1. The zero-order valence-electron chi connectivity index (χ0n) is 13.5. The van der Waals surface area contributed by atoms with Gasteiger partial charge >= 0.3 is 0 Å². The Morgan fingerprint density at radius 2 is 1.95 bits per heavy atom. The van der Waals surface area contributed by atoms with Gasteiger partial charge in [-0.2, -0.15) is 0 Å². The third-order valence-corrected chi connectivity index (χ3v) is 4.96. The minimum atomic E-state index is 0.511. The Morgan fingerprint density at radius 1 is 1.14 bits per heavy atom. The van der Waals surface area contributed by atoms with Crippen molar-refractivity contribution in [2.24, 2.45) is 0 Å². The maximum atomic E-state index is 3.65. The highest BCUT2D eigenvalue weighted by atomic mass is 15.3. The molecule has 21 heavy (non-hydrogen) atoms. The lowest BCUT2D eigenvalue weighted by Gasteiger charge is -2.42. The number of nitrogens with one attached hydrogen (secondary N) is 1. The van der Waals surface area contributed by atoms with E-state index in [2.05, 4.69) is 59.3 Å². The van der Waals surface area contributed by atoms with E-state index < -0.39 is 0 Å². The zero-order valence-corrected chi connectivity index (χ0v) is 13.5. The molecule has 3 rings (SSSR count). The van der Waals surface area contributed by atoms with Gasteiger partial charge in [0.25, 0.3) is 0 Å². The van der Waals surface area contributed by atoms with Crippen LogP contribution in [0.1, 0.15) is 38.3 Å². The van der Waals surface area contributed by atoms with Gasteiger partial charge in [0, 0.05) is 44.3 Å². The van der Waals surface area contributed by atoms with Crippen molar-refractivity contribution in [1.29, 1.82) is 0 Å². The second-order valence-electron chi connectivity index (χ2n) is 6.82. The summed E-state index contributed by atoms with van der Waals surface area (Å²) in [6, 6.07) is 12.9. The molecule has 0 spiro atoms. The number of hydrogen-bond donors (Lipinski definition) is 1. The van der Waals surface area contributed by atoms with Crippen LogP contribution < -0.4 is 5.32 Å². The van der Waals surface area contributed by atoms with Crippen molar-refractivity contribution < 1.29 is 0 Å². The van der Waals surface area contributed by atoms with Crippen molar-refractivity contribution >= 4 is 0 Å². The highest BCUT2D eigenvalue weighted by Gasteiger charge is 2.33. The maximum absolute atomic E-state index is 3.65. The predicted octanol–water partition coefficient (Wildman–Crippen LogP) is 2.51. The van der Waals surface area contributed by atoms with Gasteiger partial charge in [-0.1, -0.05) is 44.2 Å². The lowest BCUT2D eigenvalue weighted by molar-refractivity contribution is 0.0700. The van der Waals surface area contributed by atoms with E-state index in [0.717, 1.165) is 12.6 Å². The number of nitrogens with zero attached hydrogens (tertiary/aromatic N) is 2. The van der Waals surface area contributed by atoms with Crippen LogP contribution >= 0.6 is 0 Å². The molecule has 2 atom stereocenters. The Morgan fingerprint density at radius 3 is 2.71 bits per heavy atom. The van der Waals surface area contributed by atoms with E-state index in [9.17, 15) is 0 Å². The molecule has 0 bridgehead atoms. The molecule has 3 nitrogen and oxygen atoms in total. The molecule has 1 aromatic carbocycles. The van der Waals surface area contributed by atoms with E-state index in [0.29, 0.717) is 12.1 Å². The van der Waals surface area contributed by atoms with Crippen molar-refractivity contribution in [2.75, 3.05) is 32.7 Å². The molecular formula is C18H29N3. The van der Waals surface area contributed by atoms with Crippen molar-refractivity contribution in [2.45, 2.75) is 44.8 Å². The van der Waals surface area contributed by atoms with Gasteiger partial charge in [-0.25, -0.2) is 0 Å². The first kappa shape index (κ1) is 15.0. The average molecular weight is 287 g/mol. The second-order valence-corrected chi connectivity index (χ2v) is 6.82. The summed E-state index contributed by atoms with van der Waals surface area (Å²) in [5, 5.41) is 3.65. The Hall–Kier alpha value is -0.900. The Balaban J connectivity index is 1.72. The van der Waals surface area contributed by atoms with Gasteiger partial charge in [-0.15, -0.1) is 0 Å². The van der Waals surface area contributed by atoms with E-state index in [1.54, 1.807) is 0 Å². The molecule has 3 heteroatoms. The summed E-state index contributed by atoms with van der Waals surface area (Å²) in [7, 11) is 0. The van der Waals surface area contributed by atoms with Crippen LogP contribution in [0.3, 0.4) is 0 Å². The van der Waals surface area contributed by atoms with Gasteiger partial charge in [-0.05, 0) is 24.9 Å². The first-order chi connectivity index (χ1) is 10.2. The molecule has 0 aliphatic carbocycles. The van der Waals surface area contributed by atoms with Crippen LogP contribution in [0, 0.1) is 0 Å². The molecule has 2 unspecified atom stereocenters. The Labute approximate surface area is 129 Å². The molecule has 0 radical (unpaired) electrons. The van der Waals surface area contributed by atoms with E-state index >= 15 is 0 Å². The number of benzene rings is 1. The molecule has 2 saturated heterocycles. The summed E-state index contributed by atoms with van der Waals surface area (Å²) < 4.78 is 0. The fraction of sp³-hybridized carbons (Fsp3) is 0.667. The molecule has 1 aromatic rings. The highest BCUT2D eigenvalue weighted by Crippen LogP contribution is 2.28. The standard InChI is InChI=1S/C18H29N3/c1-15(2)19-13-18(16-7-4-3-5-8-16)21-12-11-20-10-6-9-17(20)14-21/h3-5,7-8,15,17-19H,6,9-14H2,1-2H3. The zero-order chi connectivity index (χ0) is 14.7. The van der Waals surface area contributed by atoms with Crippen LogP contribution in [0.5, 0.6) is 0 Å². The number of rotatable bonds is 5. The Bertz CT molecular complexity index is 431. The molecular weight excluding hydrogens is 258 g/mol. The minimum absolute atomic E-state index is 0.511. The van der Waals surface area contributed by atoms with Crippen LogP contribution in [0.15, 0.2) is 30.3 Å². The van der Waals surface area contributed by atoms with Gasteiger partial charge in [0.2, 0.25) is 0 Å². The summed E-state index contributed by atoms with van der Waals surface area (Å²) in [5.41, 5.74) is 1.46. The lowest BCUT2D eigenvalue weighted by Crippen LogP contribution is -2.52. The summed E-state index contributed by atoms with van der Waals surface area (Å²) >= 11 is 0. The average Bonchev–Trinajstić information content (AvgIpc) is 2.96. The number of hydrogen-bond acceptors (Lipinski definition) is 3. The second kappa shape index (κ2) is 6.91. The minimum Gasteiger partial charge on any atom is -0.313 e. The van der Waals surface area contributed by atoms with Gasteiger partial charge in [-0.3, -0.25) is 9.80 Å². The molecule has 1 N–H and O–H groups in total. The number of piperazine rings is 1. The van der Waals surface area contributed by atoms with Crippen LogP contribution in [-0.4, -0.2) is 54.6 Å². The first-order valence-electron chi connectivity index (χ1n) is 8.50. The topological polar surface area (TPSA) is 18.5 Å². The monoisotopic (exact) mass is 287 g/mol. The van der Waals surface area contributed by atoms with Crippen LogP contribution in [0.4, 0.5) is 0 Å².